The molecule has 1 heterocycles. The van der Waals surface area contributed by atoms with E-state index in [4.69, 9.17) is 0 Å². The van der Waals surface area contributed by atoms with Crippen molar-refractivity contribution < 1.29 is 9.59 Å². The van der Waals surface area contributed by atoms with E-state index in [2.05, 4.69) is 49.5 Å². The summed E-state index contributed by atoms with van der Waals surface area (Å²) in [5, 5.41) is 3.08. The van der Waals surface area contributed by atoms with Crippen molar-refractivity contribution in [2.45, 2.75) is 52.4 Å². The molecule has 1 saturated heterocycles. The zero-order valence-corrected chi connectivity index (χ0v) is 18.8. The van der Waals surface area contributed by atoms with Gasteiger partial charge in [-0.25, -0.2) is 0 Å². The molecule has 0 unspecified atom stereocenters. The molecule has 1 saturated carbocycles. The smallest absolute Gasteiger partial charge is 0.228 e. The normalized spacial score (nSPS) is 21.6. The largest absolute Gasteiger partial charge is 0.342 e. The lowest BCUT2D eigenvalue weighted by Gasteiger charge is -2.20. The van der Waals surface area contributed by atoms with Crippen LogP contribution in [0.1, 0.15) is 49.8 Å². The van der Waals surface area contributed by atoms with Gasteiger partial charge in [-0.3, -0.25) is 9.59 Å². The summed E-state index contributed by atoms with van der Waals surface area (Å²) in [6, 6.07) is 16.5. The van der Waals surface area contributed by atoms with Crippen molar-refractivity contribution in [1.29, 1.82) is 0 Å². The second-order valence-corrected chi connectivity index (χ2v) is 9.15. The molecule has 1 aliphatic heterocycles. The van der Waals surface area contributed by atoms with Gasteiger partial charge in [-0.2, -0.15) is 0 Å². The molecule has 2 atom stereocenters. The number of fused-ring (bicyclic) bond motifs is 1. The third-order valence-electron chi connectivity index (χ3n) is 6.87. The lowest BCUT2D eigenvalue weighted by atomic mass is 10.0. The Kier molecular flexibility index (Phi) is 6.74. The summed E-state index contributed by atoms with van der Waals surface area (Å²) in [5.41, 5.74) is 4.53. The molecule has 2 fully saturated rings. The van der Waals surface area contributed by atoms with Gasteiger partial charge in [0.1, 0.15) is 0 Å². The summed E-state index contributed by atoms with van der Waals surface area (Å²) in [4.78, 5) is 27.5. The molecule has 0 bridgehead atoms. The molecule has 1 N–H and O–H groups in total. The van der Waals surface area contributed by atoms with Gasteiger partial charge in [0.05, 0.1) is 6.42 Å². The van der Waals surface area contributed by atoms with Crippen LogP contribution in [0.5, 0.6) is 0 Å². The summed E-state index contributed by atoms with van der Waals surface area (Å²) in [7, 11) is 0. The quantitative estimate of drug-likeness (QED) is 0.591. The molecule has 2 aromatic carbocycles. The van der Waals surface area contributed by atoms with Crippen molar-refractivity contribution in [2.24, 2.45) is 17.8 Å². The van der Waals surface area contributed by atoms with Crippen LogP contribution >= 0.6 is 0 Å². The fourth-order valence-corrected chi connectivity index (χ4v) is 4.97. The summed E-state index contributed by atoms with van der Waals surface area (Å²) < 4.78 is 0. The van der Waals surface area contributed by atoms with E-state index in [1.165, 1.54) is 30.4 Å². The van der Waals surface area contributed by atoms with Crippen molar-refractivity contribution >= 4 is 17.5 Å². The Labute approximate surface area is 186 Å². The Balaban J connectivity index is 1.26. The highest BCUT2D eigenvalue weighted by Crippen LogP contribution is 2.52. The molecule has 4 heteroatoms. The van der Waals surface area contributed by atoms with Crippen LogP contribution in [0.4, 0.5) is 5.69 Å². The van der Waals surface area contributed by atoms with Gasteiger partial charge in [0, 0.05) is 24.7 Å². The number of nitrogens with zero attached hydrogens (tertiary/aromatic N) is 1. The first kappa shape index (κ1) is 21.6. The predicted molar refractivity (Wildman–Crippen MR) is 125 cm³/mol. The zero-order chi connectivity index (χ0) is 21.8. The molecular formula is C27H34N2O2. The van der Waals surface area contributed by atoms with Crippen LogP contribution in [-0.2, 0) is 28.9 Å². The van der Waals surface area contributed by atoms with Gasteiger partial charge in [0.2, 0.25) is 11.8 Å². The number of benzene rings is 2. The first-order valence-electron chi connectivity index (χ1n) is 11.8. The van der Waals surface area contributed by atoms with Crippen molar-refractivity contribution in [3.8, 4) is 0 Å². The summed E-state index contributed by atoms with van der Waals surface area (Å²) in [6.45, 7) is 5.76. The van der Waals surface area contributed by atoms with Gasteiger partial charge in [-0.05, 0) is 59.9 Å². The Morgan fingerprint density at radius 3 is 2.39 bits per heavy atom. The minimum absolute atomic E-state index is 0.0521. The number of likely N-dealkylation sites (tertiary alicyclic amines) is 1. The lowest BCUT2D eigenvalue weighted by Crippen LogP contribution is -2.34. The van der Waals surface area contributed by atoms with E-state index < -0.39 is 0 Å². The highest BCUT2D eigenvalue weighted by molar-refractivity contribution is 5.95. The molecule has 4 nitrogen and oxygen atoms in total. The molecule has 0 aromatic heterocycles. The Bertz CT molecular complexity index is 926. The van der Waals surface area contributed by atoms with Crippen LogP contribution in [-0.4, -0.2) is 29.8 Å². The van der Waals surface area contributed by atoms with Crippen LogP contribution in [0.15, 0.2) is 48.5 Å². The molecule has 2 amide bonds. The zero-order valence-electron chi connectivity index (χ0n) is 18.8. The monoisotopic (exact) mass is 418 g/mol. The average molecular weight is 419 g/mol. The minimum atomic E-state index is 0.0521. The van der Waals surface area contributed by atoms with E-state index in [1.54, 1.807) is 0 Å². The fourth-order valence-electron chi connectivity index (χ4n) is 4.97. The number of carbonyl (C=O) groups is 2. The van der Waals surface area contributed by atoms with Gasteiger partial charge in [0.25, 0.3) is 0 Å². The van der Waals surface area contributed by atoms with Crippen molar-refractivity contribution in [3.63, 3.8) is 0 Å². The molecule has 2 aromatic rings. The van der Waals surface area contributed by atoms with E-state index in [0.717, 1.165) is 24.1 Å². The minimum Gasteiger partial charge on any atom is -0.342 e. The van der Waals surface area contributed by atoms with E-state index in [1.807, 2.05) is 23.1 Å². The maximum atomic E-state index is 12.8. The predicted octanol–water partition coefficient (Wildman–Crippen LogP) is 4.87. The third-order valence-corrected chi connectivity index (χ3v) is 6.87. The fraction of sp³-hybridized carbons (Fsp3) is 0.481. The van der Waals surface area contributed by atoms with Crippen molar-refractivity contribution in [3.05, 3.63) is 65.2 Å². The topological polar surface area (TPSA) is 49.4 Å². The molecule has 0 radical (unpaired) electrons. The molecule has 0 spiro atoms. The van der Waals surface area contributed by atoms with E-state index in [9.17, 15) is 9.59 Å². The number of rotatable bonds is 9. The summed E-state index contributed by atoms with van der Waals surface area (Å²) in [6.07, 6.45) is 6.17. The second-order valence-electron chi connectivity index (χ2n) is 9.15. The number of aryl methyl sites for hydroxylation is 2. The van der Waals surface area contributed by atoms with Crippen molar-refractivity contribution in [2.75, 3.05) is 18.4 Å². The van der Waals surface area contributed by atoms with E-state index >= 15 is 0 Å². The number of carbonyl (C=O) groups excluding carboxylic acids is 2. The number of hydrogen-bond donors (Lipinski definition) is 1. The Morgan fingerprint density at radius 2 is 1.65 bits per heavy atom. The van der Waals surface area contributed by atoms with Crippen LogP contribution in [0.2, 0.25) is 0 Å². The van der Waals surface area contributed by atoms with Gasteiger partial charge in [-0.1, -0.05) is 63.1 Å². The van der Waals surface area contributed by atoms with Crippen LogP contribution in [0.3, 0.4) is 0 Å². The Morgan fingerprint density at radius 1 is 0.935 bits per heavy atom. The number of anilines is 1. The summed E-state index contributed by atoms with van der Waals surface area (Å²) in [5.74, 6) is 0.983. The maximum Gasteiger partial charge on any atom is 0.228 e. The number of amides is 2. The number of piperidine rings is 1. The summed E-state index contributed by atoms with van der Waals surface area (Å²) >= 11 is 0. The third kappa shape index (κ3) is 5.17. The SMILES string of the molecule is CCCCCc1cccc(CC(=O)N2C[C@@H]3C(C(=O)Nc4cccc(CC)c4)[C@H]3C2)c1. The second kappa shape index (κ2) is 9.67. The van der Waals surface area contributed by atoms with Gasteiger partial charge >= 0.3 is 0 Å². The molecular weight excluding hydrogens is 384 g/mol. The van der Waals surface area contributed by atoms with Gasteiger partial charge in [-0.15, -0.1) is 0 Å². The Hall–Kier alpha value is -2.62. The highest BCUT2D eigenvalue weighted by atomic mass is 16.2. The molecule has 164 valence electrons. The average Bonchev–Trinajstić information content (AvgIpc) is 3.28. The number of unbranched alkanes of at least 4 members (excludes halogenated alkanes) is 2. The molecule has 1 aliphatic carbocycles. The lowest BCUT2D eigenvalue weighted by molar-refractivity contribution is -0.130. The highest BCUT2D eigenvalue weighted by Gasteiger charge is 2.60. The van der Waals surface area contributed by atoms with Crippen LogP contribution < -0.4 is 5.32 Å². The molecule has 2 aliphatic rings. The van der Waals surface area contributed by atoms with E-state index in [0.29, 0.717) is 31.3 Å². The van der Waals surface area contributed by atoms with Gasteiger partial charge < -0.3 is 10.2 Å². The van der Waals surface area contributed by atoms with Crippen molar-refractivity contribution in [1.82, 2.24) is 4.90 Å². The maximum absolute atomic E-state index is 12.8. The van der Waals surface area contributed by atoms with E-state index in [-0.39, 0.29) is 17.7 Å². The first-order chi connectivity index (χ1) is 15.1. The molecule has 31 heavy (non-hydrogen) atoms. The first-order valence-corrected chi connectivity index (χ1v) is 11.8. The van der Waals surface area contributed by atoms with Crippen LogP contribution in [0, 0.1) is 17.8 Å². The number of hydrogen-bond acceptors (Lipinski definition) is 2. The van der Waals surface area contributed by atoms with Gasteiger partial charge in [0.15, 0.2) is 0 Å². The molecule has 4 rings (SSSR count). The standard InChI is InChI=1S/C27H34N2O2/c1-3-5-6-9-20-11-7-12-21(14-20)16-25(30)29-17-23-24(18-29)26(23)27(31)28-22-13-8-10-19(4-2)15-22/h7-8,10-15,23-24,26H,3-6,9,16-18H2,1-2H3,(H,28,31)/t23-,24-/m0/s1. The number of nitrogens with one attached hydrogen (secondary N) is 1. The van der Waals surface area contributed by atoms with Crippen LogP contribution in [0.25, 0.3) is 0 Å².